The number of rotatable bonds is 6. The molecule has 3 aromatic carbocycles. The van der Waals surface area contributed by atoms with Crippen LogP contribution in [0, 0.1) is 6.92 Å². The van der Waals surface area contributed by atoms with Gasteiger partial charge in [-0.2, -0.15) is 0 Å². The lowest BCUT2D eigenvalue weighted by atomic mass is 9.89. The average Bonchev–Trinajstić information content (AvgIpc) is 3.36. The lowest BCUT2D eigenvalue weighted by Gasteiger charge is -2.23. The Morgan fingerprint density at radius 1 is 0.812 bits per heavy atom. The van der Waals surface area contributed by atoms with Crippen molar-refractivity contribution >= 4 is 11.9 Å². The van der Waals surface area contributed by atoms with Crippen LogP contribution in [-0.4, -0.2) is 11.9 Å². The summed E-state index contributed by atoms with van der Waals surface area (Å²) in [6.45, 7) is 4.00. The standard InChI is InChI=1S/C28H28O4/c1-3-20-18-19(2)25(31-27(29)22-14-6-4-7-15-22)26(24(20)21-12-10-11-13-21)32-28(30)23-16-8-5-9-17-23/h4-9,14-18,21H,3,10-13H2,1-2H3. The molecular weight excluding hydrogens is 400 g/mol. The van der Waals surface area contributed by atoms with Crippen molar-refractivity contribution in [3.8, 4) is 11.5 Å². The molecule has 32 heavy (non-hydrogen) atoms. The summed E-state index contributed by atoms with van der Waals surface area (Å²) in [7, 11) is 0. The minimum absolute atomic E-state index is 0.290. The molecule has 0 atom stereocenters. The van der Waals surface area contributed by atoms with Crippen LogP contribution >= 0.6 is 0 Å². The minimum Gasteiger partial charge on any atom is -0.419 e. The number of carbonyl (C=O) groups excluding carboxylic acids is 2. The largest absolute Gasteiger partial charge is 0.419 e. The molecule has 4 nitrogen and oxygen atoms in total. The highest BCUT2D eigenvalue weighted by molar-refractivity contribution is 5.93. The summed E-state index contributed by atoms with van der Waals surface area (Å²) in [4.78, 5) is 25.9. The van der Waals surface area contributed by atoms with Crippen molar-refractivity contribution in [2.75, 3.05) is 0 Å². The van der Waals surface area contributed by atoms with Gasteiger partial charge in [-0.15, -0.1) is 0 Å². The van der Waals surface area contributed by atoms with Crippen molar-refractivity contribution in [2.24, 2.45) is 0 Å². The average molecular weight is 429 g/mol. The Labute approximate surface area is 189 Å². The minimum atomic E-state index is -0.465. The van der Waals surface area contributed by atoms with Crippen LogP contribution in [0.5, 0.6) is 11.5 Å². The normalized spacial score (nSPS) is 13.7. The predicted molar refractivity (Wildman–Crippen MR) is 125 cm³/mol. The predicted octanol–water partition coefficient (Wildman–Crippen LogP) is 6.65. The van der Waals surface area contributed by atoms with Gasteiger partial charge >= 0.3 is 11.9 Å². The molecule has 0 saturated heterocycles. The van der Waals surface area contributed by atoms with E-state index in [1.54, 1.807) is 48.5 Å². The molecule has 0 aliphatic heterocycles. The molecule has 0 N–H and O–H groups in total. The fourth-order valence-electron chi connectivity index (χ4n) is 4.49. The fraction of sp³-hybridized carbons (Fsp3) is 0.286. The van der Waals surface area contributed by atoms with Gasteiger partial charge in [0.2, 0.25) is 0 Å². The van der Waals surface area contributed by atoms with Crippen LogP contribution in [0.3, 0.4) is 0 Å². The van der Waals surface area contributed by atoms with E-state index in [2.05, 4.69) is 13.0 Å². The summed E-state index contributed by atoms with van der Waals surface area (Å²) in [5.74, 6) is 0.106. The summed E-state index contributed by atoms with van der Waals surface area (Å²) < 4.78 is 11.9. The zero-order valence-electron chi connectivity index (χ0n) is 18.6. The summed E-state index contributed by atoms with van der Waals surface area (Å²) in [5, 5.41) is 0. The quantitative estimate of drug-likeness (QED) is 0.326. The molecular formula is C28H28O4. The number of carbonyl (C=O) groups is 2. The highest BCUT2D eigenvalue weighted by Gasteiger charge is 2.30. The molecule has 3 aromatic rings. The Kier molecular flexibility index (Phi) is 6.69. The smallest absolute Gasteiger partial charge is 0.343 e. The number of hydrogen-bond donors (Lipinski definition) is 0. The molecule has 0 aromatic heterocycles. The van der Waals surface area contributed by atoms with Gasteiger partial charge in [0, 0.05) is 5.56 Å². The van der Waals surface area contributed by atoms with Crippen molar-refractivity contribution in [2.45, 2.75) is 51.9 Å². The van der Waals surface area contributed by atoms with Gasteiger partial charge in [-0.3, -0.25) is 0 Å². The van der Waals surface area contributed by atoms with E-state index < -0.39 is 11.9 Å². The number of benzene rings is 3. The molecule has 1 aliphatic rings. The lowest BCUT2D eigenvalue weighted by Crippen LogP contribution is -2.16. The van der Waals surface area contributed by atoms with Crippen LogP contribution in [-0.2, 0) is 6.42 Å². The zero-order chi connectivity index (χ0) is 22.5. The molecule has 0 amide bonds. The summed E-state index contributed by atoms with van der Waals surface area (Å²) >= 11 is 0. The monoisotopic (exact) mass is 428 g/mol. The first-order valence-electron chi connectivity index (χ1n) is 11.3. The molecule has 1 saturated carbocycles. The molecule has 4 rings (SSSR count). The van der Waals surface area contributed by atoms with Crippen molar-refractivity contribution in [3.05, 3.63) is 94.5 Å². The van der Waals surface area contributed by atoms with Gasteiger partial charge in [-0.1, -0.05) is 62.2 Å². The maximum absolute atomic E-state index is 13.0. The summed E-state index contributed by atoms with van der Waals surface area (Å²) in [6, 6.07) is 19.9. The molecule has 0 unspecified atom stereocenters. The van der Waals surface area contributed by atoms with E-state index in [-0.39, 0.29) is 0 Å². The van der Waals surface area contributed by atoms with E-state index in [0.717, 1.165) is 48.8 Å². The first-order chi connectivity index (χ1) is 15.6. The molecule has 1 fully saturated rings. The van der Waals surface area contributed by atoms with Crippen molar-refractivity contribution in [1.29, 1.82) is 0 Å². The van der Waals surface area contributed by atoms with Crippen LogP contribution in [0.4, 0.5) is 0 Å². The van der Waals surface area contributed by atoms with Crippen LogP contribution in [0.2, 0.25) is 0 Å². The van der Waals surface area contributed by atoms with E-state index in [0.29, 0.717) is 28.5 Å². The van der Waals surface area contributed by atoms with E-state index in [1.165, 1.54) is 0 Å². The van der Waals surface area contributed by atoms with Crippen molar-refractivity contribution in [3.63, 3.8) is 0 Å². The SMILES string of the molecule is CCc1cc(C)c(OC(=O)c2ccccc2)c(OC(=O)c2ccccc2)c1C1CCCC1. The maximum Gasteiger partial charge on any atom is 0.343 e. The molecule has 4 heteroatoms. The lowest BCUT2D eigenvalue weighted by molar-refractivity contribution is 0.0679. The Hall–Kier alpha value is -3.40. The van der Waals surface area contributed by atoms with Gasteiger partial charge < -0.3 is 9.47 Å². The highest BCUT2D eigenvalue weighted by atomic mass is 16.6. The zero-order valence-corrected chi connectivity index (χ0v) is 18.6. The summed E-state index contributed by atoms with van der Waals surface area (Å²) in [5.41, 5.74) is 3.85. The van der Waals surface area contributed by atoms with Crippen LogP contribution in [0.25, 0.3) is 0 Å². The Bertz CT molecular complexity index is 1100. The van der Waals surface area contributed by atoms with E-state index in [4.69, 9.17) is 9.47 Å². The third-order valence-corrected chi connectivity index (χ3v) is 6.10. The first-order valence-corrected chi connectivity index (χ1v) is 11.3. The molecule has 0 radical (unpaired) electrons. The molecule has 0 spiro atoms. The Balaban J connectivity index is 1.81. The van der Waals surface area contributed by atoms with Crippen molar-refractivity contribution < 1.29 is 19.1 Å². The molecule has 0 bridgehead atoms. The second-order valence-corrected chi connectivity index (χ2v) is 8.27. The number of hydrogen-bond acceptors (Lipinski definition) is 4. The van der Waals surface area contributed by atoms with Crippen LogP contribution in [0.15, 0.2) is 66.7 Å². The second kappa shape index (κ2) is 9.82. The third-order valence-electron chi connectivity index (χ3n) is 6.10. The first kappa shape index (κ1) is 21.8. The summed E-state index contributed by atoms with van der Waals surface area (Å²) in [6.07, 6.45) is 5.19. The fourth-order valence-corrected chi connectivity index (χ4v) is 4.49. The van der Waals surface area contributed by atoms with Gasteiger partial charge in [0.25, 0.3) is 0 Å². The third kappa shape index (κ3) is 4.59. The van der Waals surface area contributed by atoms with Gasteiger partial charge in [-0.25, -0.2) is 9.59 Å². The molecule has 0 heterocycles. The molecule has 1 aliphatic carbocycles. The molecule has 164 valence electrons. The van der Waals surface area contributed by atoms with Gasteiger partial charge in [0.1, 0.15) is 0 Å². The van der Waals surface area contributed by atoms with Gasteiger partial charge in [0.05, 0.1) is 11.1 Å². The van der Waals surface area contributed by atoms with E-state index >= 15 is 0 Å². The van der Waals surface area contributed by atoms with Gasteiger partial charge in [0.15, 0.2) is 11.5 Å². The Morgan fingerprint density at radius 3 is 1.81 bits per heavy atom. The topological polar surface area (TPSA) is 52.6 Å². The highest BCUT2D eigenvalue weighted by Crippen LogP contribution is 2.47. The van der Waals surface area contributed by atoms with Crippen LogP contribution < -0.4 is 9.47 Å². The number of ether oxygens (including phenoxy) is 2. The second-order valence-electron chi connectivity index (χ2n) is 8.27. The Morgan fingerprint density at radius 2 is 1.31 bits per heavy atom. The van der Waals surface area contributed by atoms with E-state index in [9.17, 15) is 9.59 Å². The van der Waals surface area contributed by atoms with Crippen molar-refractivity contribution in [1.82, 2.24) is 0 Å². The van der Waals surface area contributed by atoms with E-state index in [1.807, 2.05) is 19.1 Å². The van der Waals surface area contributed by atoms with Gasteiger partial charge in [-0.05, 0) is 67.5 Å². The number of aryl methyl sites for hydroxylation is 2. The van der Waals surface area contributed by atoms with Crippen LogP contribution in [0.1, 0.15) is 75.9 Å². The number of esters is 2. The maximum atomic E-state index is 13.0.